The average Bonchev–Trinajstić information content (AvgIpc) is 2.94. The maximum absolute atomic E-state index is 11.6. The third-order valence-electron chi connectivity index (χ3n) is 5.44. The summed E-state index contributed by atoms with van der Waals surface area (Å²) in [6.07, 6.45) is 11.4. The van der Waals surface area contributed by atoms with Crippen molar-refractivity contribution in [2.75, 3.05) is 6.61 Å². The second kappa shape index (κ2) is 7.65. The first-order valence-electron chi connectivity index (χ1n) is 8.48. The van der Waals surface area contributed by atoms with E-state index in [0.29, 0.717) is 30.1 Å². The normalized spacial score (nSPS) is 29.5. The molecule has 0 saturated heterocycles. The van der Waals surface area contributed by atoms with Crippen LogP contribution in [0.15, 0.2) is 47.6 Å². The molecule has 4 heteroatoms. The number of rotatable bonds is 4. The SMILES string of the molecule is C=C1CC[C@@H](C)[C@](C)(CCC2=CCOC2=O)C/C=C\C=C1C(=O)O. The minimum atomic E-state index is -0.924. The summed E-state index contributed by atoms with van der Waals surface area (Å²) in [4.78, 5) is 22.9. The van der Waals surface area contributed by atoms with Crippen LogP contribution in [0.5, 0.6) is 0 Å². The number of allylic oxidation sites excluding steroid dienone is 3. The van der Waals surface area contributed by atoms with Gasteiger partial charge in [-0.05, 0) is 61.2 Å². The number of aliphatic carboxylic acids is 1. The fourth-order valence-corrected chi connectivity index (χ4v) is 3.28. The van der Waals surface area contributed by atoms with E-state index in [0.717, 1.165) is 31.3 Å². The van der Waals surface area contributed by atoms with Crippen molar-refractivity contribution in [1.29, 1.82) is 0 Å². The summed E-state index contributed by atoms with van der Waals surface area (Å²) in [7, 11) is 0. The van der Waals surface area contributed by atoms with Crippen molar-refractivity contribution in [3.8, 4) is 0 Å². The minimum Gasteiger partial charge on any atom is -0.478 e. The number of esters is 1. The van der Waals surface area contributed by atoms with Crippen LogP contribution in [0.1, 0.15) is 46.0 Å². The van der Waals surface area contributed by atoms with E-state index in [1.807, 2.05) is 18.2 Å². The highest BCUT2D eigenvalue weighted by molar-refractivity contribution is 5.92. The standard InChI is InChI=1S/C20H26O4/c1-14-7-8-15(2)20(3,11-5-4-6-17(14)18(21)22)12-9-16-10-13-24-19(16)23/h4-6,10,15H,1,7-9,11-13H2,2-3H3,(H,21,22)/b5-4-,17-6?/t15-,20+/m1/s1. The summed E-state index contributed by atoms with van der Waals surface area (Å²) >= 11 is 0. The van der Waals surface area contributed by atoms with Crippen molar-refractivity contribution < 1.29 is 19.4 Å². The summed E-state index contributed by atoms with van der Waals surface area (Å²) in [5, 5.41) is 9.27. The molecule has 1 aliphatic heterocycles. The molecule has 0 aromatic carbocycles. The van der Waals surface area contributed by atoms with Gasteiger partial charge in [0.2, 0.25) is 0 Å². The maximum atomic E-state index is 11.6. The summed E-state index contributed by atoms with van der Waals surface area (Å²) in [6.45, 7) is 8.78. The van der Waals surface area contributed by atoms with Gasteiger partial charge >= 0.3 is 11.9 Å². The third kappa shape index (κ3) is 4.25. The molecular formula is C20H26O4. The van der Waals surface area contributed by atoms with Crippen molar-refractivity contribution in [3.63, 3.8) is 0 Å². The molecule has 0 aromatic heterocycles. The molecule has 0 unspecified atom stereocenters. The zero-order valence-corrected chi connectivity index (χ0v) is 14.5. The monoisotopic (exact) mass is 330 g/mol. The van der Waals surface area contributed by atoms with Gasteiger partial charge in [-0.2, -0.15) is 0 Å². The van der Waals surface area contributed by atoms with Gasteiger partial charge in [-0.25, -0.2) is 9.59 Å². The van der Waals surface area contributed by atoms with Crippen molar-refractivity contribution in [1.82, 2.24) is 0 Å². The van der Waals surface area contributed by atoms with E-state index in [2.05, 4.69) is 20.4 Å². The second-order valence-corrected chi connectivity index (χ2v) is 7.04. The number of hydrogen-bond donors (Lipinski definition) is 1. The quantitative estimate of drug-likeness (QED) is 0.785. The lowest BCUT2D eigenvalue weighted by Gasteiger charge is -2.36. The van der Waals surface area contributed by atoms with Crippen molar-refractivity contribution >= 4 is 11.9 Å². The van der Waals surface area contributed by atoms with Gasteiger partial charge in [-0.15, -0.1) is 0 Å². The number of carboxylic acid groups (broad SMARTS) is 1. The van der Waals surface area contributed by atoms with Crippen molar-refractivity contribution in [3.05, 3.63) is 47.6 Å². The van der Waals surface area contributed by atoms with E-state index in [-0.39, 0.29) is 11.4 Å². The van der Waals surface area contributed by atoms with Crippen LogP contribution in [0.25, 0.3) is 0 Å². The first-order chi connectivity index (χ1) is 11.3. The van der Waals surface area contributed by atoms with E-state index in [9.17, 15) is 14.7 Å². The van der Waals surface area contributed by atoms with E-state index < -0.39 is 5.97 Å². The largest absolute Gasteiger partial charge is 0.478 e. The zero-order valence-electron chi connectivity index (χ0n) is 14.5. The van der Waals surface area contributed by atoms with Gasteiger partial charge in [0.25, 0.3) is 0 Å². The molecule has 0 saturated carbocycles. The van der Waals surface area contributed by atoms with Gasteiger partial charge in [0, 0.05) is 5.57 Å². The van der Waals surface area contributed by atoms with Crippen LogP contribution in [0.3, 0.4) is 0 Å². The first kappa shape index (κ1) is 18.2. The molecule has 0 bridgehead atoms. The van der Waals surface area contributed by atoms with Crippen LogP contribution in [-0.4, -0.2) is 23.7 Å². The minimum absolute atomic E-state index is 0.0507. The second-order valence-electron chi connectivity index (χ2n) is 7.04. The van der Waals surface area contributed by atoms with Crippen LogP contribution in [-0.2, 0) is 14.3 Å². The van der Waals surface area contributed by atoms with Gasteiger partial charge in [0.05, 0.1) is 5.57 Å². The number of carboxylic acids is 1. The molecule has 0 radical (unpaired) electrons. The molecule has 0 amide bonds. The van der Waals surface area contributed by atoms with Crippen LogP contribution in [0.4, 0.5) is 0 Å². The van der Waals surface area contributed by atoms with Gasteiger partial charge in [-0.1, -0.05) is 32.6 Å². The van der Waals surface area contributed by atoms with Crippen LogP contribution in [0.2, 0.25) is 0 Å². The predicted octanol–water partition coefficient (Wildman–Crippen LogP) is 4.20. The first-order valence-corrected chi connectivity index (χ1v) is 8.48. The highest BCUT2D eigenvalue weighted by Crippen LogP contribution is 2.41. The van der Waals surface area contributed by atoms with E-state index in [4.69, 9.17) is 4.74 Å². The average molecular weight is 330 g/mol. The summed E-state index contributed by atoms with van der Waals surface area (Å²) in [6, 6.07) is 0. The Hall–Kier alpha value is -2.10. The fraction of sp³-hybridized carbons (Fsp3) is 0.500. The number of hydrogen-bond acceptors (Lipinski definition) is 3. The highest BCUT2D eigenvalue weighted by atomic mass is 16.5. The van der Waals surface area contributed by atoms with Gasteiger partial charge in [0.1, 0.15) is 6.61 Å². The number of carbonyl (C=O) groups excluding carboxylic acids is 1. The summed E-state index contributed by atoms with van der Waals surface area (Å²) in [5.74, 6) is -0.721. The lowest BCUT2D eigenvalue weighted by Crippen LogP contribution is -2.26. The van der Waals surface area contributed by atoms with Gasteiger partial charge < -0.3 is 9.84 Å². The molecule has 1 heterocycles. The van der Waals surface area contributed by atoms with Crippen LogP contribution >= 0.6 is 0 Å². The van der Waals surface area contributed by atoms with E-state index in [1.54, 1.807) is 6.08 Å². The Bertz CT molecular complexity index is 624. The van der Waals surface area contributed by atoms with Crippen molar-refractivity contribution in [2.45, 2.75) is 46.0 Å². The highest BCUT2D eigenvalue weighted by Gasteiger charge is 2.31. The topological polar surface area (TPSA) is 63.6 Å². The fourth-order valence-electron chi connectivity index (χ4n) is 3.28. The molecule has 2 rings (SSSR count). The lowest BCUT2D eigenvalue weighted by atomic mass is 9.69. The third-order valence-corrected chi connectivity index (χ3v) is 5.44. The van der Waals surface area contributed by atoms with Crippen LogP contribution in [0, 0.1) is 11.3 Å². The smallest absolute Gasteiger partial charge is 0.335 e. The molecule has 0 aromatic rings. The molecule has 24 heavy (non-hydrogen) atoms. The number of ether oxygens (including phenoxy) is 1. The molecule has 0 fully saturated rings. The predicted molar refractivity (Wildman–Crippen MR) is 93.4 cm³/mol. The summed E-state index contributed by atoms with van der Waals surface area (Å²) in [5.41, 5.74) is 1.79. The Morgan fingerprint density at radius 3 is 2.88 bits per heavy atom. The van der Waals surface area contributed by atoms with Crippen molar-refractivity contribution in [2.24, 2.45) is 11.3 Å². The summed E-state index contributed by atoms with van der Waals surface area (Å²) < 4.78 is 4.97. The lowest BCUT2D eigenvalue weighted by molar-refractivity contribution is -0.136. The Labute approximate surface area is 143 Å². The van der Waals surface area contributed by atoms with Crippen LogP contribution < -0.4 is 0 Å². The molecule has 2 atom stereocenters. The van der Waals surface area contributed by atoms with E-state index >= 15 is 0 Å². The Morgan fingerprint density at radius 1 is 1.50 bits per heavy atom. The molecule has 2 aliphatic rings. The Morgan fingerprint density at radius 2 is 2.25 bits per heavy atom. The molecule has 130 valence electrons. The van der Waals surface area contributed by atoms with Gasteiger partial charge in [0.15, 0.2) is 0 Å². The molecule has 1 N–H and O–H groups in total. The van der Waals surface area contributed by atoms with Gasteiger partial charge in [-0.3, -0.25) is 0 Å². The molecule has 1 aliphatic carbocycles. The number of carbonyl (C=O) groups is 2. The Balaban J connectivity index is 2.13. The molecule has 0 spiro atoms. The zero-order chi connectivity index (χ0) is 17.7. The number of cyclic esters (lactones) is 1. The Kier molecular flexibility index (Phi) is 5.81. The molecule has 4 nitrogen and oxygen atoms in total. The molecular weight excluding hydrogens is 304 g/mol. The maximum Gasteiger partial charge on any atom is 0.335 e. The van der Waals surface area contributed by atoms with E-state index in [1.165, 1.54) is 0 Å².